The molecule has 0 saturated heterocycles. The van der Waals surface area contributed by atoms with E-state index in [-0.39, 0.29) is 23.3 Å². The van der Waals surface area contributed by atoms with E-state index < -0.39 is 29.2 Å². The predicted octanol–water partition coefficient (Wildman–Crippen LogP) is 3.81. The Morgan fingerprint density at radius 2 is 1.86 bits per heavy atom. The molecule has 1 amide bonds. The van der Waals surface area contributed by atoms with Crippen molar-refractivity contribution in [1.29, 1.82) is 0 Å². The lowest BCUT2D eigenvalue weighted by Crippen LogP contribution is -2.27. The van der Waals surface area contributed by atoms with Crippen molar-refractivity contribution >= 4 is 28.6 Å². The Morgan fingerprint density at radius 3 is 2.56 bits per heavy atom. The van der Waals surface area contributed by atoms with Crippen molar-refractivity contribution in [2.75, 3.05) is 11.9 Å². The van der Waals surface area contributed by atoms with Crippen molar-refractivity contribution < 1.29 is 27.5 Å². The summed E-state index contributed by atoms with van der Waals surface area (Å²) in [6, 6.07) is 10.6. The Hall–Kier alpha value is -4.48. The molecule has 0 bridgehead atoms. The number of hydrogen-bond acceptors (Lipinski definition) is 6. The monoisotopic (exact) mass is 499 g/mol. The number of nitrogens with one attached hydrogen (secondary N) is 1. The average molecular weight is 499 g/mol. The molecule has 0 unspecified atom stereocenters. The van der Waals surface area contributed by atoms with Gasteiger partial charge in [-0.1, -0.05) is 13.0 Å². The summed E-state index contributed by atoms with van der Waals surface area (Å²) in [6.45, 7) is 1.83. The first-order valence-corrected chi connectivity index (χ1v) is 10.8. The highest BCUT2D eigenvalue weighted by molar-refractivity contribution is 5.93. The Kier molecular flexibility index (Phi) is 6.86. The van der Waals surface area contributed by atoms with Gasteiger partial charge in [0.25, 0.3) is 5.56 Å². The molecule has 0 radical (unpaired) electrons. The second-order valence-corrected chi connectivity index (χ2v) is 7.78. The van der Waals surface area contributed by atoms with E-state index >= 15 is 0 Å². The number of carbonyl (C=O) groups is 2. The molecule has 2 aromatic heterocycles. The number of ether oxygens (including phenoxy) is 1. The fraction of sp³-hybridized carbons (Fsp3) is 0.208. The number of alkyl halides is 3. The molecule has 1 N–H and O–H groups in total. The van der Waals surface area contributed by atoms with Gasteiger partial charge in [-0.3, -0.25) is 14.2 Å². The lowest BCUT2D eigenvalue weighted by Gasteiger charge is -2.10. The molecule has 12 heteroatoms. The first-order chi connectivity index (χ1) is 17.2. The number of aromatic nitrogens is 4. The third kappa shape index (κ3) is 5.27. The zero-order valence-electron chi connectivity index (χ0n) is 19.0. The van der Waals surface area contributed by atoms with Crippen LogP contribution in [-0.4, -0.2) is 37.8 Å². The van der Waals surface area contributed by atoms with Crippen molar-refractivity contribution in [3.63, 3.8) is 0 Å². The number of nitrogens with zero attached hydrogens (tertiary/aromatic N) is 4. The Labute approximate surface area is 202 Å². The van der Waals surface area contributed by atoms with Crippen molar-refractivity contribution in [1.82, 2.24) is 19.3 Å². The van der Waals surface area contributed by atoms with Crippen molar-refractivity contribution in [3.05, 3.63) is 82.5 Å². The topological polar surface area (TPSA) is 108 Å². The van der Waals surface area contributed by atoms with Crippen molar-refractivity contribution in [2.45, 2.75) is 26.1 Å². The Bertz CT molecular complexity index is 1480. The number of hydrogen-bond donors (Lipinski definition) is 1. The molecule has 0 spiro atoms. The van der Waals surface area contributed by atoms with Crippen LogP contribution in [0.4, 0.5) is 18.9 Å². The minimum Gasteiger partial charge on any atom is -0.462 e. The van der Waals surface area contributed by atoms with Crippen molar-refractivity contribution in [2.24, 2.45) is 0 Å². The maximum absolute atomic E-state index is 13.1. The molecule has 9 nitrogen and oxygen atoms in total. The average Bonchev–Trinajstić information content (AvgIpc) is 3.29. The van der Waals surface area contributed by atoms with E-state index in [0.717, 1.165) is 27.7 Å². The van der Waals surface area contributed by atoms with E-state index in [0.29, 0.717) is 24.3 Å². The molecule has 4 rings (SSSR count). The normalized spacial score (nSPS) is 11.4. The second kappa shape index (κ2) is 10.0. The quantitative estimate of drug-likeness (QED) is 0.388. The maximum atomic E-state index is 13.1. The van der Waals surface area contributed by atoms with E-state index in [2.05, 4.69) is 15.4 Å². The number of benzene rings is 2. The van der Waals surface area contributed by atoms with Crippen LogP contribution in [0.5, 0.6) is 0 Å². The maximum Gasteiger partial charge on any atom is 0.416 e. The van der Waals surface area contributed by atoms with Gasteiger partial charge in [0.1, 0.15) is 18.3 Å². The Morgan fingerprint density at radius 1 is 1.11 bits per heavy atom. The van der Waals surface area contributed by atoms with Crippen LogP contribution in [0, 0.1) is 0 Å². The lowest BCUT2D eigenvalue weighted by molar-refractivity contribution is -0.137. The molecule has 4 aromatic rings. The van der Waals surface area contributed by atoms with E-state index in [1.165, 1.54) is 42.6 Å². The molecule has 0 aliphatic carbocycles. The summed E-state index contributed by atoms with van der Waals surface area (Å²) >= 11 is 0. The van der Waals surface area contributed by atoms with Gasteiger partial charge in [0.2, 0.25) is 5.91 Å². The standard InChI is InChI=1S/C24H20F3N5O4/c1-2-10-36-23(35)15-6-8-17(9-7-15)30-20(33)13-31-14-28-21-19(22(31)34)12-29-32(21)18-5-3-4-16(11-18)24(25,26)27/h3-9,11-12,14H,2,10,13H2,1H3,(H,30,33). The van der Waals surface area contributed by atoms with Crippen LogP contribution in [0.1, 0.15) is 29.3 Å². The summed E-state index contributed by atoms with van der Waals surface area (Å²) in [5.74, 6) is -0.990. The molecular weight excluding hydrogens is 479 g/mol. The number of anilines is 1. The van der Waals surface area contributed by atoms with Gasteiger partial charge in [-0.25, -0.2) is 14.5 Å². The summed E-state index contributed by atoms with van der Waals surface area (Å²) in [5, 5.41) is 6.67. The van der Waals surface area contributed by atoms with E-state index in [4.69, 9.17) is 4.74 Å². The first-order valence-electron chi connectivity index (χ1n) is 10.8. The molecular formula is C24H20F3N5O4. The molecule has 0 aliphatic heterocycles. The molecule has 0 saturated carbocycles. The minimum atomic E-state index is -4.54. The van der Waals surface area contributed by atoms with E-state index in [1.807, 2.05) is 6.92 Å². The first kappa shape index (κ1) is 24.6. The fourth-order valence-electron chi connectivity index (χ4n) is 3.39. The number of halogens is 3. The van der Waals surface area contributed by atoms with Crippen molar-refractivity contribution in [3.8, 4) is 5.69 Å². The minimum absolute atomic E-state index is 0.0395. The van der Waals surface area contributed by atoms with Crippen LogP contribution in [0.2, 0.25) is 0 Å². The van der Waals surface area contributed by atoms with Crippen LogP contribution in [-0.2, 0) is 22.3 Å². The Balaban J connectivity index is 1.50. The van der Waals surface area contributed by atoms with Gasteiger partial charge >= 0.3 is 12.1 Å². The number of rotatable bonds is 7. The molecule has 2 aromatic carbocycles. The summed E-state index contributed by atoms with van der Waals surface area (Å²) in [6.07, 6.45) is -1.52. The van der Waals surface area contributed by atoms with Crippen LogP contribution in [0.15, 0.2) is 65.8 Å². The molecule has 0 fully saturated rings. The molecule has 36 heavy (non-hydrogen) atoms. The SMILES string of the molecule is CCCOC(=O)c1ccc(NC(=O)Cn2cnc3c(cnn3-c3cccc(C(F)(F)F)c3)c2=O)cc1. The smallest absolute Gasteiger partial charge is 0.416 e. The summed E-state index contributed by atoms with van der Waals surface area (Å²) in [7, 11) is 0. The third-order valence-corrected chi connectivity index (χ3v) is 5.13. The zero-order chi connectivity index (χ0) is 25.9. The van der Waals surface area contributed by atoms with Gasteiger partial charge in [0.05, 0.1) is 29.6 Å². The second-order valence-electron chi connectivity index (χ2n) is 7.78. The van der Waals surface area contributed by atoms with E-state index in [1.54, 1.807) is 0 Å². The van der Waals surface area contributed by atoms with Gasteiger partial charge in [0.15, 0.2) is 5.65 Å². The predicted molar refractivity (Wildman–Crippen MR) is 124 cm³/mol. The largest absolute Gasteiger partial charge is 0.462 e. The molecule has 0 aliphatic rings. The highest BCUT2D eigenvalue weighted by atomic mass is 19.4. The van der Waals surface area contributed by atoms with Gasteiger partial charge < -0.3 is 10.1 Å². The molecule has 2 heterocycles. The van der Waals surface area contributed by atoms with Crippen LogP contribution in [0.25, 0.3) is 16.7 Å². The van der Waals surface area contributed by atoms with Gasteiger partial charge in [-0.15, -0.1) is 0 Å². The number of esters is 1. The summed E-state index contributed by atoms with van der Waals surface area (Å²) in [5.41, 5.74) is -0.552. The fourth-order valence-corrected chi connectivity index (χ4v) is 3.39. The van der Waals surface area contributed by atoms with Crippen LogP contribution in [0.3, 0.4) is 0 Å². The zero-order valence-corrected chi connectivity index (χ0v) is 19.0. The summed E-state index contributed by atoms with van der Waals surface area (Å²) < 4.78 is 46.4. The van der Waals surface area contributed by atoms with Gasteiger partial charge in [0, 0.05) is 5.69 Å². The van der Waals surface area contributed by atoms with E-state index in [9.17, 15) is 27.6 Å². The summed E-state index contributed by atoms with van der Waals surface area (Å²) in [4.78, 5) is 41.3. The van der Waals surface area contributed by atoms with Crippen LogP contribution >= 0.6 is 0 Å². The third-order valence-electron chi connectivity index (χ3n) is 5.13. The highest BCUT2D eigenvalue weighted by Crippen LogP contribution is 2.30. The van der Waals surface area contributed by atoms with Gasteiger partial charge in [-0.05, 0) is 48.9 Å². The number of carbonyl (C=O) groups excluding carboxylic acids is 2. The van der Waals surface area contributed by atoms with Gasteiger partial charge in [-0.2, -0.15) is 18.3 Å². The lowest BCUT2D eigenvalue weighted by atomic mass is 10.2. The number of amides is 1. The molecule has 186 valence electrons. The number of fused-ring (bicyclic) bond motifs is 1. The van der Waals surface area contributed by atoms with Crippen LogP contribution < -0.4 is 10.9 Å². The molecule has 0 atom stereocenters. The highest BCUT2D eigenvalue weighted by Gasteiger charge is 2.30.